The van der Waals surface area contributed by atoms with Crippen LogP contribution >= 0.6 is 0 Å². The fourth-order valence-corrected chi connectivity index (χ4v) is 2.06. The van der Waals surface area contributed by atoms with Gasteiger partial charge >= 0.3 is 0 Å². The van der Waals surface area contributed by atoms with E-state index in [0.29, 0.717) is 0 Å². The lowest BCUT2D eigenvalue weighted by molar-refractivity contribution is -0.119. The summed E-state index contributed by atoms with van der Waals surface area (Å²) < 4.78 is 0. The second kappa shape index (κ2) is 4.56. The Morgan fingerprint density at radius 2 is 2.19 bits per heavy atom. The molecule has 0 fully saturated rings. The topological polar surface area (TPSA) is 41.1 Å². The molecule has 1 atom stereocenters. The molecule has 0 aromatic heterocycles. The van der Waals surface area contributed by atoms with E-state index >= 15 is 0 Å². The molecule has 1 aromatic rings. The second-order valence-corrected chi connectivity index (χ2v) is 4.40. The lowest BCUT2D eigenvalue weighted by Crippen LogP contribution is -2.25. The summed E-state index contributed by atoms with van der Waals surface area (Å²) in [4.78, 5) is 11.9. The van der Waals surface area contributed by atoms with E-state index in [9.17, 15) is 4.79 Å². The van der Waals surface area contributed by atoms with Crippen LogP contribution in [0.4, 0.5) is 11.4 Å². The van der Waals surface area contributed by atoms with Gasteiger partial charge in [0.25, 0.3) is 0 Å². The molecule has 1 aromatic carbocycles. The minimum atomic E-state index is 0.0812. The number of nitrogens with one attached hydrogen (secondary N) is 2. The summed E-state index contributed by atoms with van der Waals surface area (Å²) in [6.45, 7) is 4.89. The zero-order valence-electron chi connectivity index (χ0n) is 9.84. The van der Waals surface area contributed by atoms with E-state index in [1.807, 2.05) is 12.1 Å². The summed E-state index contributed by atoms with van der Waals surface area (Å²) in [7, 11) is 0. The van der Waals surface area contributed by atoms with E-state index < -0.39 is 0 Å². The number of amides is 1. The third-order valence-electron chi connectivity index (χ3n) is 2.98. The summed E-state index contributed by atoms with van der Waals surface area (Å²) in [5.74, 6) is 0.217. The van der Waals surface area contributed by atoms with Gasteiger partial charge < -0.3 is 10.6 Å². The molecule has 0 saturated heterocycles. The minimum absolute atomic E-state index is 0.0812. The van der Waals surface area contributed by atoms with Crippen molar-refractivity contribution in [3.63, 3.8) is 0 Å². The van der Waals surface area contributed by atoms with Gasteiger partial charge in [-0.25, -0.2) is 0 Å². The van der Waals surface area contributed by atoms with Crippen molar-refractivity contribution in [1.29, 1.82) is 0 Å². The predicted octanol–water partition coefficient (Wildman–Crippen LogP) is 2.78. The van der Waals surface area contributed by atoms with Crippen LogP contribution in [-0.4, -0.2) is 12.5 Å². The molecule has 1 amide bonds. The van der Waals surface area contributed by atoms with Crippen LogP contribution in [0.5, 0.6) is 0 Å². The maximum absolute atomic E-state index is 11.9. The minimum Gasteiger partial charge on any atom is -0.383 e. The molecule has 2 rings (SSSR count). The highest BCUT2D eigenvalue weighted by Gasteiger charge is 2.22. The summed E-state index contributed by atoms with van der Waals surface area (Å²) in [5.41, 5.74) is 3.13. The van der Waals surface area contributed by atoms with Crippen LogP contribution < -0.4 is 10.6 Å². The molecule has 0 radical (unpaired) electrons. The number of benzene rings is 1. The van der Waals surface area contributed by atoms with Gasteiger partial charge in [-0.05, 0) is 31.0 Å². The summed E-state index contributed by atoms with van der Waals surface area (Å²) >= 11 is 0. The standard InChI is InChI=1S/C13H18N2O/c1-3-4-10-8-14-12-7-9(2)5-6-11(12)15-13(10)16/h5-7,10,14H,3-4,8H2,1-2H3,(H,15,16). The van der Waals surface area contributed by atoms with Crippen molar-refractivity contribution < 1.29 is 4.79 Å². The normalized spacial score (nSPS) is 19.4. The number of fused-ring (bicyclic) bond motifs is 1. The molecule has 2 N–H and O–H groups in total. The Labute approximate surface area is 96.2 Å². The monoisotopic (exact) mass is 218 g/mol. The Balaban J connectivity index is 2.22. The molecular weight excluding hydrogens is 200 g/mol. The van der Waals surface area contributed by atoms with Gasteiger partial charge in [0.15, 0.2) is 0 Å². The number of hydrogen-bond acceptors (Lipinski definition) is 2. The molecule has 1 heterocycles. The molecule has 3 heteroatoms. The van der Waals surface area contributed by atoms with Gasteiger partial charge in [0.2, 0.25) is 5.91 Å². The average molecular weight is 218 g/mol. The first-order valence-corrected chi connectivity index (χ1v) is 5.86. The molecule has 1 aliphatic rings. The Hall–Kier alpha value is -1.51. The zero-order valence-corrected chi connectivity index (χ0v) is 9.84. The van der Waals surface area contributed by atoms with Gasteiger partial charge in [0.05, 0.1) is 17.3 Å². The molecule has 1 aliphatic heterocycles. The van der Waals surface area contributed by atoms with E-state index in [0.717, 1.165) is 30.8 Å². The molecular formula is C13H18N2O. The van der Waals surface area contributed by atoms with Crippen molar-refractivity contribution in [2.45, 2.75) is 26.7 Å². The van der Waals surface area contributed by atoms with Crippen LogP contribution in [0, 0.1) is 12.8 Å². The van der Waals surface area contributed by atoms with Crippen LogP contribution in [0.15, 0.2) is 18.2 Å². The molecule has 16 heavy (non-hydrogen) atoms. The van der Waals surface area contributed by atoms with Crippen LogP contribution in [0.25, 0.3) is 0 Å². The second-order valence-electron chi connectivity index (χ2n) is 4.40. The van der Waals surface area contributed by atoms with Gasteiger partial charge in [-0.15, -0.1) is 0 Å². The van der Waals surface area contributed by atoms with Gasteiger partial charge in [-0.3, -0.25) is 4.79 Å². The molecule has 86 valence electrons. The largest absolute Gasteiger partial charge is 0.383 e. The van der Waals surface area contributed by atoms with Crippen molar-refractivity contribution in [2.24, 2.45) is 5.92 Å². The molecule has 3 nitrogen and oxygen atoms in total. The van der Waals surface area contributed by atoms with Crippen molar-refractivity contribution >= 4 is 17.3 Å². The maximum atomic E-state index is 11.9. The highest BCUT2D eigenvalue weighted by molar-refractivity contribution is 5.97. The first-order valence-electron chi connectivity index (χ1n) is 5.86. The first kappa shape index (κ1) is 11.0. The number of carbonyl (C=O) groups excluding carboxylic acids is 1. The number of carbonyl (C=O) groups is 1. The highest BCUT2D eigenvalue weighted by atomic mass is 16.1. The van der Waals surface area contributed by atoms with Gasteiger partial charge in [0, 0.05) is 6.54 Å². The number of anilines is 2. The van der Waals surface area contributed by atoms with Gasteiger partial charge in [-0.1, -0.05) is 19.4 Å². The third kappa shape index (κ3) is 2.18. The SMILES string of the molecule is CCCC1CNc2cc(C)ccc2NC1=O. The van der Waals surface area contributed by atoms with Gasteiger partial charge in [-0.2, -0.15) is 0 Å². The Morgan fingerprint density at radius 3 is 2.94 bits per heavy atom. The average Bonchev–Trinajstić information content (AvgIpc) is 2.40. The van der Waals surface area contributed by atoms with Crippen LogP contribution in [0.1, 0.15) is 25.3 Å². The van der Waals surface area contributed by atoms with Crippen LogP contribution in [-0.2, 0) is 4.79 Å². The number of rotatable bonds is 2. The number of hydrogen-bond donors (Lipinski definition) is 2. The number of aryl methyl sites for hydroxylation is 1. The molecule has 0 saturated carbocycles. The lowest BCUT2D eigenvalue weighted by atomic mass is 10.0. The zero-order chi connectivity index (χ0) is 11.5. The van der Waals surface area contributed by atoms with Crippen molar-refractivity contribution in [3.8, 4) is 0 Å². The summed E-state index contributed by atoms with van der Waals surface area (Å²) in [6, 6.07) is 6.05. The molecule has 0 spiro atoms. The third-order valence-corrected chi connectivity index (χ3v) is 2.98. The van der Waals surface area contributed by atoms with E-state index in [4.69, 9.17) is 0 Å². The quantitative estimate of drug-likeness (QED) is 0.801. The fraction of sp³-hybridized carbons (Fsp3) is 0.462. The maximum Gasteiger partial charge on any atom is 0.229 e. The fourth-order valence-electron chi connectivity index (χ4n) is 2.06. The van der Waals surface area contributed by atoms with Gasteiger partial charge in [0.1, 0.15) is 0 Å². The van der Waals surface area contributed by atoms with Crippen LogP contribution in [0.3, 0.4) is 0 Å². The van der Waals surface area contributed by atoms with E-state index in [1.54, 1.807) is 0 Å². The molecule has 1 unspecified atom stereocenters. The Kier molecular flexibility index (Phi) is 3.13. The molecule has 0 bridgehead atoms. The van der Waals surface area contributed by atoms with E-state index in [1.165, 1.54) is 5.56 Å². The van der Waals surface area contributed by atoms with E-state index in [2.05, 4.69) is 30.5 Å². The summed E-state index contributed by atoms with van der Waals surface area (Å²) in [6.07, 6.45) is 1.97. The summed E-state index contributed by atoms with van der Waals surface area (Å²) in [5, 5.41) is 6.33. The highest BCUT2D eigenvalue weighted by Crippen LogP contribution is 2.27. The smallest absolute Gasteiger partial charge is 0.229 e. The van der Waals surface area contributed by atoms with Crippen molar-refractivity contribution in [2.75, 3.05) is 17.2 Å². The Morgan fingerprint density at radius 1 is 1.38 bits per heavy atom. The Bertz CT molecular complexity index is 401. The van der Waals surface area contributed by atoms with Crippen LogP contribution in [0.2, 0.25) is 0 Å². The van der Waals surface area contributed by atoms with Crippen molar-refractivity contribution in [1.82, 2.24) is 0 Å². The first-order chi connectivity index (χ1) is 7.70. The molecule has 0 aliphatic carbocycles. The van der Waals surface area contributed by atoms with Crippen molar-refractivity contribution in [3.05, 3.63) is 23.8 Å². The predicted molar refractivity (Wildman–Crippen MR) is 66.7 cm³/mol. The van der Waals surface area contributed by atoms with E-state index in [-0.39, 0.29) is 11.8 Å². The lowest BCUT2D eigenvalue weighted by Gasteiger charge is -2.11.